The number of fused-ring (bicyclic) bond motifs is 1. The highest BCUT2D eigenvalue weighted by Gasteiger charge is 2.13. The second kappa shape index (κ2) is 5.32. The molecule has 0 aliphatic carbocycles. The van der Waals surface area contributed by atoms with Crippen molar-refractivity contribution in [2.24, 2.45) is 0 Å². The minimum absolute atomic E-state index is 0.207. The molecule has 0 bridgehead atoms. The molecule has 3 aromatic rings. The number of aromatic hydroxyl groups is 1. The number of phenols is 1. The van der Waals surface area contributed by atoms with Gasteiger partial charge in [-0.05, 0) is 29.8 Å². The van der Waals surface area contributed by atoms with Crippen molar-refractivity contribution in [1.82, 2.24) is 4.98 Å². The SMILES string of the molecule is COc1ccc(-c2cnc(OC)c3cccc(O)c23)cc1. The first-order valence-electron chi connectivity index (χ1n) is 6.53. The summed E-state index contributed by atoms with van der Waals surface area (Å²) in [5.74, 6) is 1.49. The van der Waals surface area contributed by atoms with Crippen LogP contribution in [-0.4, -0.2) is 24.3 Å². The van der Waals surface area contributed by atoms with Crippen molar-refractivity contribution >= 4 is 10.8 Å². The maximum absolute atomic E-state index is 10.2. The van der Waals surface area contributed by atoms with Gasteiger partial charge in [-0.3, -0.25) is 0 Å². The van der Waals surface area contributed by atoms with E-state index in [1.165, 1.54) is 0 Å². The summed E-state index contributed by atoms with van der Waals surface area (Å²) in [5, 5.41) is 11.7. The van der Waals surface area contributed by atoms with E-state index in [4.69, 9.17) is 9.47 Å². The lowest BCUT2D eigenvalue weighted by Gasteiger charge is -2.11. The van der Waals surface area contributed by atoms with Gasteiger partial charge in [0.15, 0.2) is 0 Å². The Morgan fingerprint density at radius 3 is 2.38 bits per heavy atom. The Labute approximate surface area is 122 Å². The normalized spacial score (nSPS) is 10.6. The molecule has 0 saturated carbocycles. The first-order valence-corrected chi connectivity index (χ1v) is 6.53. The van der Waals surface area contributed by atoms with Gasteiger partial charge in [0, 0.05) is 22.5 Å². The van der Waals surface area contributed by atoms with E-state index in [1.807, 2.05) is 30.3 Å². The Morgan fingerprint density at radius 1 is 0.952 bits per heavy atom. The Morgan fingerprint density at radius 2 is 1.71 bits per heavy atom. The molecule has 0 spiro atoms. The molecule has 0 amide bonds. The molecule has 0 unspecified atom stereocenters. The summed E-state index contributed by atoms with van der Waals surface area (Å²) in [4.78, 5) is 4.32. The maximum Gasteiger partial charge on any atom is 0.221 e. The van der Waals surface area contributed by atoms with Crippen molar-refractivity contribution in [2.45, 2.75) is 0 Å². The van der Waals surface area contributed by atoms with Crippen LogP contribution in [0.3, 0.4) is 0 Å². The third kappa shape index (κ3) is 2.25. The molecule has 2 aromatic carbocycles. The number of hydrogen-bond donors (Lipinski definition) is 1. The summed E-state index contributed by atoms with van der Waals surface area (Å²) in [5.41, 5.74) is 1.81. The van der Waals surface area contributed by atoms with Crippen LogP contribution in [0, 0.1) is 0 Å². The maximum atomic E-state index is 10.2. The van der Waals surface area contributed by atoms with E-state index in [0.29, 0.717) is 5.88 Å². The molecule has 1 N–H and O–H groups in total. The lowest BCUT2D eigenvalue weighted by Crippen LogP contribution is -1.92. The third-order valence-corrected chi connectivity index (χ3v) is 3.45. The molecular weight excluding hydrogens is 266 g/mol. The number of aromatic nitrogens is 1. The Bertz CT molecular complexity index is 782. The van der Waals surface area contributed by atoms with E-state index in [9.17, 15) is 5.11 Å². The van der Waals surface area contributed by atoms with Crippen molar-refractivity contribution in [3.8, 4) is 28.5 Å². The van der Waals surface area contributed by atoms with Crippen molar-refractivity contribution < 1.29 is 14.6 Å². The molecule has 21 heavy (non-hydrogen) atoms. The van der Waals surface area contributed by atoms with Gasteiger partial charge in [-0.1, -0.05) is 18.2 Å². The molecule has 106 valence electrons. The summed E-state index contributed by atoms with van der Waals surface area (Å²) in [6.07, 6.45) is 1.71. The van der Waals surface area contributed by atoms with Crippen LogP contribution in [0.2, 0.25) is 0 Å². The first-order chi connectivity index (χ1) is 10.2. The van der Waals surface area contributed by atoms with E-state index < -0.39 is 0 Å². The van der Waals surface area contributed by atoms with Gasteiger partial charge < -0.3 is 14.6 Å². The van der Waals surface area contributed by atoms with Crippen LogP contribution in [0.5, 0.6) is 17.4 Å². The van der Waals surface area contributed by atoms with Gasteiger partial charge in [-0.2, -0.15) is 0 Å². The standard InChI is InChI=1S/C17H15NO3/c1-20-12-8-6-11(7-9-12)14-10-18-17(21-2)13-4-3-5-15(19)16(13)14/h3-10,19H,1-2H3. The largest absolute Gasteiger partial charge is 0.507 e. The van der Waals surface area contributed by atoms with Crippen LogP contribution in [0.25, 0.3) is 21.9 Å². The molecule has 1 aromatic heterocycles. The number of pyridine rings is 1. The van der Waals surface area contributed by atoms with E-state index in [-0.39, 0.29) is 5.75 Å². The van der Waals surface area contributed by atoms with Crippen LogP contribution in [0.15, 0.2) is 48.7 Å². The molecular formula is C17H15NO3. The zero-order valence-corrected chi connectivity index (χ0v) is 11.8. The lowest BCUT2D eigenvalue weighted by molar-refractivity contribution is 0.403. The first kappa shape index (κ1) is 13.2. The third-order valence-electron chi connectivity index (χ3n) is 3.45. The monoisotopic (exact) mass is 281 g/mol. The van der Waals surface area contributed by atoms with Crippen LogP contribution in [0.1, 0.15) is 0 Å². The van der Waals surface area contributed by atoms with Gasteiger partial charge in [0.1, 0.15) is 11.5 Å². The molecule has 0 radical (unpaired) electrons. The van der Waals surface area contributed by atoms with Crippen molar-refractivity contribution in [3.63, 3.8) is 0 Å². The van der Waals surface area contributed by atoms with E-state index in [2.05, 4.69) is 4.98 Å². The van der Waals surface area contributed by atoms with Crippen LogP contribution in [0.4, 0.5) is 0 Å². The number of benzene rings is 2. The number of nitrogens with zero attached hydrogens (tertiary/aromatic N) is 1. The molecule has 0 aliphatic rings. The molecule has 0 aliphatic heterocycles. The van der Waals surface area contributed by atoms with Gasteiger partial charge in [0.2, 0.25) is 5.88 Å². The van der Waals surface area contributed by atoms with Gasteiger partial charge in [0.05, 0.1) is 14.2 Å². The van der Waals surface area contributed by atoms with E-state index in [0.717, 1.165) is 27.6 Å². The van der Waals surface area contributed by atoms with Crippen molar-refractivity contribution in [3.05, 3.63) is 48.7 Å². The van der Waals surface area contributed by atoms with Gasteiger partial charge in [-0.25, -0.2) is 4.98 Å². The number of methoxy groups -OCH3 is 2. The highest BCUT2D eigenvalue weighted by molar-refractivity contribution is 6.02. The lowest BCUT2D eigenvalue weighted by atomic mass is 10.00. The van der Waals surface area contributed by atoms with Crippen LogP contribution in [-0.2, 0) is 0 Å². The van der Waals surface area contributed by atoms with Crippen molar-refractivity contribution in [1.29, 1.82) is 0 Å². The summed E-state index contributed by atoms with van der Waals surface area (Å²) < 4.78 is 10.4. The van der Waals surface area contributed by atoms with E-state index in [1.54, 1.807) is 32.5 Å². The zero-order valence-electron chi connectivity index (χ0n) is 11.8. The molecule has 0 fully saturated rings. The van der Waals surface area contributed by atoms with E-state index >= 15 is 0 Å². The molecule has 0 atom stereocenters. The molecule has 4 heteroatoms. The van der Waals surface area contributed by atoms with Crippen LogP contribution < -0.4 is 9.47 Å². The van der Waals surface area contributed by atoms with Gasteiger partial charge in [0.25, 0.3) is 0 Å². The summed E-state index contributed by atoms with van der Waals surface area (Å²) in [7, 11) is 3.20. The second-order valence-corrected chi connectivity index (χ2v) is 4.61. The average molecular weight is 281 g/mol. The summed E-state index contributed by atoms with van der Waals surface area (Å²) >= 11 is 0. The van der Waals surface area contributed by atoms with Gasteiger partial charge >= 0.3 is 0 Å². The number of rotatable bonds is 3. The Kier molecular flexibility index (Phi) is 3.36. The number of hydrogen-bond acceptors (Lipinski definition) is 4. The van der Waals surface area contributed by atoms with Crippen LogP contribution >= 0.6 is 0 Å². The number of phenolic OH excluding ortho intramolecular Hbond substituents is 1. The predicted octanol–water partition coefficient (Wildman–Crippen LogP) is 3.62. The number of ether oxygens (including phenoxy) is 2. The fourth-order valence-electron chi connectivity index (χ4n) is 2.41. The highest BCUT2D eigenvalue weighted by atomic mass is 16.5. The zero-order chi connectivity index (χ0) is 14.8. The van der Waals surface area contributed by atoms with Gasteiger partial charge in [-0.15, -0.1) is 0 Å². The second-order valence-electron chi connectivity index (χ2n) is 4.61. The van der Waals surface area contributed by atoms with Crippen molar-refractivity contribution in [2.75, 3.05) is 14.2 Å². The Hall–Kier alpha value is -2.75. The fraction of sp³-hybridized carbons (Fsp3) is 0.118. The molecule has 3 rings (SSSR count). The minimum atomic E-state index is 0.207. The minimum Gasteiger partial charge on any atom is -0.507 e. The average Bonchev–Trinajstić information content (AvgIpc) is 2.54. The topological polar surface area (TPSA) is 51.6 Å². The summed E-state index contributed by atoms with van der Waals surface area (Å²) in [6.45, 7) is 0. The Balaban J connectivity index is 2.27. The summed E-state index contributed by atoms with van der Waals surface area (Å²) in [6, 6.07) is 13.0. The molecule has 0 saturated heterocycles. The highest BCUT2D eigenvalue weighted by Crippen LogP contribution is 2.38. The quantitative estimate of drug-likeness (QED) is 0.796. The fourth-order valence-corrected chi connectivity index (χ4v) is 2.41. The molecule has 1 heterocycles. The molecule has 4 nitrogen and oxygen atoms in total. The smallest absolute Gasteiger partial charge is 0.221 e. The predicted molar refractivity (Wildman–Crippen MR) is 81.9 cm³/mol.